The third-order valence-electron chi connectivity index (χ3n) is 3.61. The van der Waals surface area contributed by atoms with Crippen LogP contribution in [0.15, 0.2) is 35.3 Å². The van der Waals surface area contributed by atoms with Crippen LogP contribution in [0.2, 0.25) is 0 Å². The second kappa shape index (κ2) is 8.68. The Bertz CT molecular complexity index is 584. The Morgan fingerprint density at radius 2 is 1.91 bits per heavy atom. The number of hydrogen-bond acceptors (Lipinski definition) is 3. The second-order valence-electron chi connectivity index (χ2n) is 5.32. The molecule has 2 rings (SSSR count). The van der Waals surface area contributed by atoms with Gasteiger partial charge in [-0.1, -0.05) is 18.2 Å². The number of guanidine groups is 1. The lowest BCUT2D eigenvalue weighted by molar-refractivity contribution is 0.280. The van der Waals surface area contributed by atoms with E-state index in [1.54, 1.807) is 0 Å². The van der Waals surface area contributed by atoms with E-state index in [9.17, 15) is 8.42 Å². The molecule has 1 saturated heterocycles. The van der Waals surface area contributed by atoms with Gasteiger partial charge in [-0.3, -0.25) is 4.99 Å². The molecule has 1 aliphatic rings. The first kappa shape index (κ1) is 19.2. The van der Waals surface area contributed by atoms with Gasteiger partial charge in [-0.15, -0.1) is 24.0 Å². The van der Waals surface area contributed by atoms with Gasteiger partial charge < -0.3 is 11.1 Å². The predicted octanol–water partition coefficient (Wildman–Crippen LogP) is 1.70. The van der Waals surface area contributed by atoms with Gasteiger partial charge >= 0.3 is 0 Å². The second-order valence-corrected chi connectivity index (χ2v) is 7.30. The summed E-state index contributed by atoms with van der Waals surface area (Å²) in [5, 5.41) is 3.04. The molecule has 1 fully saturated rings. The van der Waals surface area contributed by atoms with Gasteiger partial charge in [-0.05, 0) is 30.9 Å². The number of benzene rings is 1. The number of nitrogens with zero attached hydrogens (tertiary/aromatic N) is 2. The van der Waals surface area contributed by atoms with Crippen LogP contribution in [0.5, 0.6) is 0 Å². The van der Waals surface area contributed by atoms with E-state index in [4.69, 9.17) is 5.73 Å². The zero-order chi connectivity index (χ0) is 15.3. The first-order valence-corrected chi connectivity index (χ1v) is 8.87. The van der Waals surface area contributed by atoms with Crippen molar-refractivity contribution >= 4 is 45.6 Å². The summed E-state index contributed by atoms with van der Waals surface area (Å²) in [6.45, 7) is 1.78. The van der Waals surface area contributed by atoms with Gasteiger partial charge in [0, 0.05) is 25.3 Å². The van der Waals surface area contributed by atoms with Gasteiger partial charge in [0.2, 0.25) is 10.0 Å². The Morgan fingerprint density at radius 1 is 1.32 bits per heavy atom. The van der Waals surface area contributed by atoms with Crippen LogP contribution in [0.4, 0.5) is 5.69 Å². The molecule has 0 bridgehead atoms. The van der Waals surface area contributed by atoms with Crippen molar-refractivity contribution < 1.29 is 8.42 Å². The molecule has 1 aromatic carbocycles. The molecule has 1 aliphatic heterocycles. The highest BCUT2D eigenvalue weighted by atomic mass is 127. The summed E-state index contributed by atoms with van der Waals surface area (Å²) in [5.41, 5.74) is 6.76. The molecule has 0 amide bonds. The van der Waals surface area contributed by atoms with Gasteiger partial charge in [0.1, 0.15) is 0 Å². The normalized spacial score (nSPS) is 17.8. The first-order valence-electron chi connectivity index (χ1n) is 7.02. The maximum Gasteiger partial charge on any atom is 0.211 e. The molecule has 1 heterocycles. The summed E-state index contributed by atoms with van der Waals surface area (Å²) in [5.74, 6) is 0.783. The van der Waals surface area contributed by atoms with E-state index in [2.05, 4.69) is 10.3 Å². The van der Waals surface area contributed by atoms with Crippen molar-refractivity contribution in [1.82, 2.24) is 4.31 Å². The molecule has 8 heteroatoms. The number of para-hydroxylation sites is 1. The van der Waals surface area contributed by atoms with E-state index in [-0.39, 0.29) is 24.0 Å². The van der Waals surface area contributed by atoms with Crippen LogP contribution in [-0.4, -0.2) is 44.6 Å². The van der Waals surface area contributed by atoms with Crippen molar-refractivity contribution in [2.24, 2.45) is 16.6 Å². The van der Waals surface area contributed by atoms with Gasteiger partial charge in [0.05, 0.1) is 6.26 Å². The molecule has 22 heavy (non-hydrogen) atoms. The number of aliphatic imine (C=N–C) groups is 1. The molecular formula is C14H23IN4O2S. The van der Waals surface area contributed by atoms with E-state index in [0.29, 0.717) is 31.5 Å². The summed E-state index contributed by atoms with van der Waals surface area (Å²) in [6.07, 6.45) is 2.91. The quantitative estimate of drug-likeness (QED) is 0.426. The van der Waals surface area contributed by atoms with Crippen molar-refractivity contribution in [2.75, 3.05) is 31.2 Å². The van der Waals surface area contributed by atoms with Crippen LogP contribution in [0.3, 0.4) is 0 Å². The highest BCUT2D eigenvalue weighted by Gasteiger charge is 2.24. The minimum atomic E-state index is -3.06. The van der Waals surface area contributed by atoms with Gasteiger partial charge in [-0.2, -0.15) is 0 Å². The average Bonchev–Trinajstić information content (AvgIpc) is 2.46. The number of rotatable bonds is 4. The van der Waals surface area contributed by atoms with Gasteiger partial charge in [0.25, 0.3) is 0 Å². The molecule has 0 aromatic heterocycles. The van der Waals surface area contributed by atoms with E-state index >= 15 is 0 Å². The van der Waals surface area contributed by atoms with Crippen molar-refractivity contribution in [2.45, 2.75) is 12.8 Å². The van der Waals surface area contributed by atoms with Crippen LogP contribution in [0.1, 0.15) is 12.8 Å². The Kier molecular flexibility index (Phi) is 7.57. The molecule has 1 aromatic rings. The molecule has 0 aliphatic carbocycles. The van der Waals surface area contributed by atoms with E-state index in [1.165, 1.54) is 10.6 Å². The first-order chi connectivity index (χ1) is 9.95. The van der Waals surface area contributed by atoms with Crippen LogP contribution in [0.25, 0.3) is 0 Å². The molecule has 3 N–H and O–H groups in total. The Labute approximate surface area is 149 Å². The molecule has 0 spiro atoms. The van der Waals surface area contributed by atoms with Crippen molar-refractivity contribution in [3.05, 3.63) is 30.3 Å². The monoisotopic (exact) mass is 438 g/mol. The SMILES string of the molecule is CS(=O)(=O)N1CCC(CN=C(N)Nc2ccccc2)CC1.I. The van der Waals surface area contributed by atoms with Crippen molar-refractivity contribution in [1.29, 1.82) is 0 Å². The van der Waals surface area contributed by atoms with Crippen LogP contribution in [0, 0.1) is 5.92 Å². The summed E-state index contributed by atoms with van der Waals surface area (Å²) in [6, 6.07) is 9.64. The van der Waals surface area contributed by atoms with Crippen molar-refractivity contribution in [3.63, 3.8) is 0 Å². The fourth-order valence-electron chi connectivity index (χ4n) is 2.36. The minimum Gasteiger partial charge on any atom is -0.370 e. The standard InChI is InChI=1S/C14H22N4O2S.HI/c1-21(19,20)18-9-7-12(8-10-18)11-16-14(15)17-13-5-3-2-4-6-13;/h2-6,12H,7-11H2,1H3,(H3,15,16,17);1H. The topological polar surface area (TPSA) is 87.8 Å². The summed E-state index contributed by atoms with van der Waals surface area (Å²) in [4.78, 5) is 4.35. The zero-order valence-electron chi connectivity index (χ0n) is 12.6. The number of nitrogens with one attached hydrogen (secondary N) is 1. The van der Waals surface area contributed by atoms with E-state index in [0.717, 1.165) is 18.5 Å². The highest BCUT2D eigenvalue weighted by molar-refractivity contribution is 14.0. The highest BCUT2D eigenvalue weighted by Crippen LogP contribution is 2.19. The lowest BCUT2D eigenvalue weighted by Crippen LogP contribution is -2.38. The lowest BCUT2D eigenvalue weighted by Gasteiger charge is -2.29. The zero-order valence-corrected chi connectivity index (χ0v) is 15.8. The number of piperidine rings is 1. The van der Waals surface area contributed by atoms with E-state index < -0.39 is 10.0 Å². The summed E-state index contributed by atoms with van der Waals surface area (Å²) < 4.78 is 24.4. The molecule has 0 atom stereocenters. The number of halogens is 1. The number of nitrogens with two attached hydrogens (primary N) is 1. The molecule has 0 saturated carbocycles. The average molecular weight is 438 g/mol. The largest absolute Gasteiger partial charge is 0.370 e. The van der Waals surface area contributed by atoms with Gasteiger partial charge in [-0.25, -0.2) is 12.7 Å². The third-order valence-corrected chi connectivity index (χ3v) is 4.91. The molecule has 0 unspecified atom stereocenters. The number of hydrogen-bond donors (Lipinski definition) is 2. The third kappa shape index (κ3) is 6.09. The Balaban J connectivity index is 0.00000242. The molecule has 0 radical (unpaired) electrons. The fourth-order valence-corrected chi connectivity index (χ4v) is 3.23. The fraction of sp³-hybridized carbons (Fsp3) is 0.500. The van der Waals surface area contributed by atoms with Crippen LogP contribution >= 0.6 is 24.0 Å². The predicted molar refractivity (Wildman–Crippen MR) is 101 cm³/mol. The maximum absolute atomic E-state index is 11.4. The smallest absolute Gasteiger partial charge is 0.211 e. The summed E-state index contributed by atoms with van der Waals surface area (Å²) >= 11 is 0. The molecular weight excluding hydrogens is 415 g/mol. The Morgan fingerprint density at radius 3 is 2.45 bits per heavy atom. The summed E-state index contributed by atoms with van der Waals surface area (Å²) in [7, 11) is -3.06. The van der Waals surface area contributed by atoms with Crippen molar-refractivity contribution in [3.8, 4) is 0 Å². The number of sulfonamides is 1. The molecule has 124 valence electrons. The van der Waals surface area contributed by atoms with Crippen LogP contribution in [-0.2, 0) is 10.0 Å². The van der Waals surface area contributed by atoms with Gasteiger partial charge in [0.15, 0.2) is 5.96 Å². The minimum absolute atomic E-state index is 0. The van der Waals surface area contributed by atoms with Crippen LogP contribution < -0.4 is 11.1 Å². The van der Waals surface area contributed by atoms with E-state index in [1.807, 2.05) is 30.3 Å². The lowest BCUT2D eigenvalue weighted by atomic mass is 9.98. The number of anilines is 1. The maximum atomic E-state index is 11.4. The molecule has 6 nitrogen and oxygen atoms in total. The Hall–Kier alpha value is -0.870.